The fourth-order valence-corrected chi connectivity index (χ4v) is 3.84. The lowest BCUT2D eigenvalue weighted by Crippen LogP contribution is -2.41. The first-order valence-corrected chi connectivity index (χ1v) is 9.38. The van der Waals surface area contributed by atoms with Crippen LogP contribution in [-0.4, -0.2) is 65.5 Å². The molecule has 136 valence electrons. The zero-order valence-corrected chi connectivity index (χ0v) is 14.7. The Morgan fingerprint density at radius 3 is 2.76 bits per heavy atom. The van der Waals surface area contributed by atoms with E-state index in [0.717, 1.165) is 51.1 Å². The van der Waals surface area contributed by atoms with Gasteiger partial charge in [0.05, 0.1) is 6.54 Å². The summed E-state index contributed by atoms with van der Waals surface area (Å²) < 4.78 is 5.26. The number of aromatic nitrogens is 1. The summed E-state index contributed by atoms with van der Waals surface area (Å²) in [4.78, 5) is 28.8. The molecule has 1 aromatic rings. The molecule has 3 fully saturated rings. The van der Waals surface area contributed by atoms with E-state index in [9.17, 15) is 9.59 Å². The van der Waals surface area contributed by atoms with Gasteiger partial charge in [-0.3, -0.25) is 14.5 Å². The van der Waals surface area contributed by atoms with Crippen LogP contribution in [-0.2, 0) is 4.79 Å². The predicted octanol–water partition coefficient (Wildman–Crippen LogP) is 1.22. The van der Waals surface area contributed by atoms with Crippen LogP contribution >= 0.6 is 0 Å². The second-order valence-electron chi connectivity index (χ2n) is 7.73. The molecular formula is C18H26N4O3. The Hall–Kier alpha value is -1.89. The summed E-state index contributed by atoms with van der Waals surface area (Å²) in [5.74, 6) is 1.61. The van der Waals surface area contributed by atoms with E-state index in [1.165, 1.54) is 0 Å². The molecule has 3 heterocycles. The smallest absolute Gasteiger partial charge is 0.273 e. The van der Waals surface area contributed by atoms with E-state index in [-0.39, 0.29) is 17.9 Å². The number of nitrogens with one attached hydrogen (secondary N) is 1. The number of hydrogen-bond acceptors (Lipinski definition) is 5. The first-order chi connectivity index (χ1) is 12.1. The molecule has 0 bridgehead atoms. The minimum atomic E-state index is -0.180. The highest BCUT2D eigenvalue weighted by atomic mass is 16.5. The van der Waals surface area contributed by atoms with Crippen LogP contribution in [0, 0.1) is 5.92 Å². The molecule has 1 aliphatic carbocycles. The predicted molar refractivity (Wildman–Crippen MR) is 91.2 cm³/mol. The Balaban J connectivity index is 1.29. The standard InChI is InChI=1S/C18H26N4O3/c1-12-9-21(11-17(23)22-6-2-3-7-22)10-15(12)19-18(24)14-8-16(25-20-14)13-4-5-13/h8,12-13,15H,2-7,9-11H2,1H3,(H,19,24)/t12-,15+/m1/s1. The Morgan fingerprint density at radius 2 is 2.04 bits per heavy atom. The second-order valence-corrected chi connectivity index (χ2v) is 7.73. The monoisotopic (exact) mass is 346 g/mol. The summed E-state index contributed by atoms with van der Waals surface area (Å²) >= 11 is 0. The van der Waals surface area contributed by atoms with Crippen LogP contribution in [0.3, 0.4) is 0 Å². The molecule has 0 radical (unpaired) electrons. The SMILES string of the molecule is C[C@@H]1CN(CC(=O)N2CCCC2)C[C@@H]1NC(=O)c1cc(C2CC2)on1. The third kappa shape index (κ3) is 3.71. The molecule has 0 aromatic carbocycles. The maximum absolute atomic E-state index is 12.4. The van der Waals surface area contributed by atoms with Gasteiger partial charge in [-0.1, -0.05) is 12.1 Å². The molecule has 2 amide bonds. The van der Waals surface area contributed by atoms with Crippen molar-refractivity contribution in [1.82, 2.24) is 20.3 Å². The maximum Gasteiger partial charge on any atom is 0.273 e. The quantitative estimate of drug-likeness (QED) is 0.867. The third-order valence-electron chi connectivity index (χ3n) is 5.56. The van der Waals surface area contributed by atoms with Gasteiger partial charge in [0.25, 0.3) is 5.91 Å². The number of rotatable bonds is 5. The van der Waals surface area contributed by atoms with Gasteiger partial charge in [0.1, 0.15) is 5.76 Å². The van der Waals surface area contributed by atoms with Crippen molar-refractivity contribution in [2.75, 3.05) is 32.7 Å². The fourth-order valence-electron chi connectivity index (χ4n) is 3.84. The lowest BCUT2D eigenvalue weighted by molar-refractivity contribution is -0.131. The van der Waals surface area contributed by atoms with Gasteiger partial charge in [-0.2, -0.15) is 0 Å². The highest BCUT2D eigenvalue weighted by Gasteiger charge is 2.34. The minimum absolute atomic E-state index is 0.0416. The number of nitrogens with zero attached hydrogens (tertiary/aromatic N) is 3. The molecule has 2 aliphatic heterocycles. The number of carbonyl (C=O) groups is 2. The molecule has 7 heteroatoms. The minimum Gasteiger partial charge on any atom is -0.360 e. The Bertz CT molecular complexity index is 649. The zero-order chi connectivity index (χ0) is 17.4. The average molecular weight is 346 g/mol. The van der Waals surface area contributed by atoms with Gasteiger partial charge in [-0.25, -0.2) is 0 Å². The molecule has 2 saturated heterocycles. The van der Waals surface area contributed by atoms with Crippen LogP contribution in [0.2, 0.25) is 0 Å². The van der Waals surface area contributed by atoms with Crippen LogP contribution in [0.5, 0.6) is 0 Å². The maximum atomic E-state index is 12.4. The molecule has 1 aromatic heterocycles. The van der Waals surface area contributed by atoms with Crippen molar-refractivity contribution < 1.29 is 14.1 Å². The van der Waals surface area contributed by atoms with Gasteiger partial charge in [0.15, 0.2) is 5.69 Å². The average Bonchev–Trinajstić information content (AvgIpc) is 3.02. The fraction of sp³-hybridized carbons (Fsp3) is 0.722. The van der Waals surface area contributed by atoms with E-state index in [4.69, 9.17) is 4.52 Å². The van der Waals surface area contributed by atoms with Gasteiger partial charge in [-0.15, -0.1) is 0 Å². The van der Waals surface area contributed by atoms with Gasteiger partial charge >= 0.3 is 0 Å². The van der Waals surface area contributed by atoms with Crippen molar-refractivity contribution >= 4 is 11.8 Å². The normalized spacial score (nSPS) is 27.0. The van der Waals surface area contributed by atoms with E-state index < -0.39 is 0 Å². The Morgan fingerprint density at radius 1 is 1.28 bits per heavy atom. The molecule has 2 atom stereocenters. The first-order valence-electron chi connectivity index (χ1n) is 9.38. The van der Waals surface area contributed by atoms with Crippen molar-refractivity contribution in [3.8, 4) is 0 Å². The summed E-state index contributed by atoms with van der Waals surface area (Å²) in [6, 6.07) is 1.81. The first kappa shape index (κ1) is 16.6. The molecule has 0 spiro atoms. The van der Waals surface area contributed by atoms with Crippen LogP contribution < -0.4 is 5.32 Å². The number of amides is 2. The second kappa shape index (κ2) is 6.78. The molecule has 3 aliphatic rings. The highest BCUT2D eigenvalue weighted by molar-refractivity contribution is 5.92. The summed E-state index contributed by atoms with van der Waals surface area (Å²) in [6.07, 6.45) is 4.47. The molecule has 7 nitrogen and oxygen atoms in total. The molecule has 4 rings (SSSR count). The summed E-state index contributed by atoms with van der Waals surface area (Å²) in [5.41, 5.74) is 0.362. The van der Waals surface area contributed by atoms with Crippen molar-refractivity contribution in [1.29, 1.82) is 0 Å². The van der Waals surface area contributed by atoms with Gasteiger partial charge in [0.2, 0.25) is 5.91 Å². The lowest BCUT2D eigenvalue weighted by atomic mass is 10.1. The van der Waals surface area contributed by atoms with Gasteiger partial charge in [0, 0.05) is 44.2 Å². The molecule has 0 unspecified atom stereocenters. The van der Waals surface area contributed by atoms with Crippen molar-refractivity contribution in [3.63, 3.8) is 0 Å². The zero-order valence-electron chi connectivity index (χ0n) is 14.7. The number of likely N-dealkylation sites (tertiary alicyclic amines) is 2. The van der Waals surface area contributed by atoms with Crippen molar-refractivity contribution in [3.05, 3.63) is 17.5 Å². The van der Waals surface area contributed by atoms with Crippen molar-refractivity contribution in [2.45, 2.75) is 44.6 Å². The molecule has 1 N–H and O–H groups in total. The number of carbonyl (C=O) groups excluding carboxylic acids is 2. The third-order valence-corrected chi connectivity index (χ3v) is 5.56. The Kier molecular flexibility index (Phi) is 4.50. The van der Waals surface area contributed by atoms with Gasteiger partial charge < -0.3 is 14.7 Å². The van der Waals surface area contributed by atoms with E-state index in [2.05, 4.69) is 22.3 Å². The van der Waals surface area contributed by atoms with E-state index in [1.54, 1.807) is 6.07 Å². The van der Waals surface area contributed by atoms with Gasteiger partial charge in [-0.05, 0) is 31.6 Å². The van der Waals surface area contributed by atoms with Crippen LogP contribution in [0.15, 0.2) is 10.6 Å². The highest BCUT2D eigenvalue weighted by Crippen LogP contribution is 2.40. The largest absolute Gasteiger partial charge is 0.360 e. The summed E-state index contributed by atoms with van der Waals surface area (Å²) in [7, 11) is 0. The lowest BCUT2D eigenvalue weighted by Gasteiger charge is -2.20. The summed E-state index contributed by atoms with van der Waals surface area (Å²) in [5, 5.41) is 6.97. The van der Waals surface area contributed by atoms with E-state index in [0.29, 0.717) is 30.6 Å². The number of hydrogen-bond donors (Lipinski definition) is 1. The van der Waals surface area contributed by atoms with Crippen molar-refractivity contribution in [2.24, 2.45) is 5.92 Å². The molecule has 1 saturated carbocycles. The summed E-state index contributed by atoms with van der Waals surface area (Å²) in [6.45, 7) is 5.88. The van der Waals surface area contributed by atoms with Crippen LogP contribution in [0.1, 0.15) is 54.8 Å². The van der Waals surface area contributed by atoms with Crippen LogP contribution in [0.4, 0.5) is 0 Å². The molecule has 25 heavy (non-hydrogen) atoms. The molecular weight excluding hydrogens is 320 g/mol. The topological polar surface area (TPSA) is 78.7 Å². The van der Waals surface area contributed by atoms with E-state index >= 15 is 0 Å². The van der Waals surface area contributed by atoms with Crippen LogP contribution in [0.25, 0.3) is 0 Å². The Labute approximate surface area is 147 Å². The van der Waals surface area contributed by atoms with E-state index in [1.807, 2.05) is 4.90 Å².